The van der Waals surface area contributed by atoms with Gasteiger partial charge < -0.3 is 14.7 Å². The van der Waals surface area contributed by atoms with Gasteiger partial charge in [0.2, 0.25) is 0 Å². The van der Waals surface area contributed by atoms with Crippen LogP contribution in [0.3, 0.4) is 0 Å². The lowest BCUT2D eigenvalue weighted by molar-refractivity contribution is 0.00395. The molecule has 1 aromatic carbocycles. The Morgan fingerprint density at radius 3 is 2.48 bits per heavy atom. The third-order valence-corrected chi connectivity index (χ3v) is 5.36. The molecule has 0 radical (unpaired) electrons. The summed E-state index contributed by atoms with van der Waals surface area (Å²) >= 11 is 0. The van der Waals surface area contributed by atoms with Gasteiger partial charge in [-0.15, -0.1) is 0 Å². The van der Waals surface area contributed by atoms with E-state index in [0.29, 0.717) is 0 Å². The van der Waals surface area contributed by atoms with Gasteiger partial charge in [0.15, 0.2) is 0 Å². The van der Waals surface area contributed by atoms with Crippen LogP contribution in [0.5, 0.6) is 0 Å². The van der Waals surface area contributed by atoms with E-state index < -0.39 is 11.7 Å². The van der Waals surface area contributed by atoms with Gasteiger partial charge in [-0.05, 0) is 51.2 Å². The third kappa shape index (κ3) is 3.98. The van der Waals surface area contributed by atoms with Gasteiger partial charge in [-0.1, -0.05) is 24.3 Å². The molecule has 5 heteroatoms. The molecule has 1 aliphatic carbocycles. The lowest BCUT2D eigenvalue weighted by atomic mass is 10.0. The molecule has 3 rings (SSSR count). The molecule has 2 unspecified atom stereocenters. The van der Waals surface area contributed by atoms with Gasteiger partial charge in [-0.2, -0.15) is 0 Å². The van der Waals surface area contributed by atoms with Crippen molar-refractivity contribution in [2.45, 2.75) is 63.8 Å². The van der Waals surface area contributed by atoms with Gasteiger partial charge in [-0.3, -0.25) is 4.90 Å². The first-order chi connectivity index (χ1) is 11.8. The van der Waals surface area contributed by atoms with Crippen molar-refractivity contribution in [3.63, 3.8) is 0 Å². The summed E-state index contributed by atoms with van der Waals surface area (Å²) in [6.07, 6.45) is 2.07. The Balaban J connectivity index is 1.55. The Morgan fingerprint density at radius 2 is 1.88 bits per heavy atom. The number of hydrogen-bond donors (Lipinski definition) is 1. The molecule has 138 valence electrons. The predicted molar refractivity (Wildman–Crippen MR) is 97.5 cm³/mol. The average molecular weight is 346 g/mol. The number of aliphatic hydroxyl groups is 1. The van der Waals surface area contributed by atoms with Crippen LogP contribution in [0, 0.1) is 0 Å². The highest BCUT2D eigenvalue weighted by atomic mass is 16.6. The first-order valence-corrected chi connectivity index (χ1v) is 9.22. The number of hydrogen-bond acceptors (Lipinski definition) is 4. The zero-order chi connectivity index (χ0) is 18.2. The fourth-order valence-corrected chi connectivity index (χ4v) is 3.97. The second kappa shape index (κ2) is 6.96. The Bertz CT molecular complexity index is 618. The predicted octanol–water partition coefficient (Wildman–Crippen LogP) is 2.98. The van der Waals surface area contributed by atoms with E-state index in [1.165, 1.54) is 5.56 Å². The molecule has 1 aliphatic heterocycles. The molecule has 0 spiro atoms. The van der Waals surface area contributed by atoms with E-state index in [2.05, 4.69) is 11.0 Å². The van der Waals surface area contributed by atoms with Crippen LogP contribution in [0.1, 0.15) is 50.8 Å². The summed E-state index contributed by atoms with van der Waals surface area (Å²) in [6, 6.07) is 8.53. The monoisotopic (exact) mass is 346 g/mol. The number of amides is 1. The lowest BCUT2D eigenvalue weighted by Crippen LogP contribution is -2.50. The number of aliphatic hydroxyl groups excluding tert-OH is 1. The van der Waals surface area contributed by atoms with Crippen molar-refractivity contribution in [3.8, 4) is 0 Å². The minimum Gasteiger partial charge on any atom is -0.444 e. The van der Waals surface area contributed by atoms with E-state index in [1.54, 1.807) is 4.90 Å². The van der Waals surface area contributed by atoms with Crippen molar-refractivity contribution in [1.82, 2.24) is 9.80 Å². The molecule has 1 amide bonds. The fraction of sp³-hybridized carbons (Fsp3) is 0.650. The van der Waals surface area contributed by atoms with Crippen LogP contribution in [-0.2, 0) is 11.2 Å². The number of rotatable bonds is 2. The van der Waals surface area contributed by atoms with Crippen LogP contribution in [0.15, 0.2) is 24.3 Å². The van der Waals surface area contributed by atoms with E-state index in [9.17, 15) is 9.90 Å². The SMILES string of the molecule is CN(C(=O)OC(C)(C)C)C1CCN(C2Cc3ccccc3C2O)CC1. The quantitative estimate of drug-likeness (QED) is 0.894. The van der Waals surface area contributed by atoms with Gasteiger partial charge in [0.05, 0.1) is 6.10 Å². The van der Waals surface area contributed by atoms with Crippen molar-refractivity contribution in [2.24, 2.45) is 0 Å². The molecule has 1 fully saturated rings. The number of carbonyl (C=O) groups excluding carboxylic acids is 1. The molecule has 5 nitrogen and oxygen atoms in total. The number of nitrogens with zero attached hydrogens (tertiary/aromatic N) is 2. The summed E-state index contributed by atoms with van der Waals surface area (Å²) in [5, 5.41) is 10.7. The van der Waals surface area contributed by atoms with Gasteiger partial charge in [0.25, 0.3) is 0 Å². The zero-order valence-corrected chi connectivity index (χ0v) is 15.7. The first kappa shape index (κ1) is 18.2. The van der Waals surface area contributed by atoms with Crippen LogP contribution in [0.25, 0.3) is 0 Å². The van der Waals surface area contributed by atoms with E-state index in [-0.39, 0.29) is 18.2 Å². The second-order valence-corrected chi connectivity index (χ2v) is 8.27. The van der Waals surface area contributed by atoms with Gasteiger partial charge >= 0.3 is 6.09 Å². The Labute approximate surface area is 150 Å². The van der Waals surface area contributed by atoms with E-state index in [4.69, 9.17) is 4.74 Å². The van der Waals surface area contributed by atoms with E-state index >= 15 is 0 Å². The summed E-state index contributed by atoms with van der Waals surface area (Å²) in [5.41, 5.74) is 1.86. The average Bonchev–Trinajstić information content (AvgIpc) is 2.90. The van der Waals surface area contributed by atoms with Crippen LogP contribution < -0.4 is 0 Å². The number of piperidine rings is 1. The summed E-state index contributed by atoms with van der Waals surface area (Å²) in [5.74, 6) is 0. The first-order valence-electron chi connectivity index (χ1n) is 9.22. The molecule has 1 N–H and O–H groups in total. The molecule has 0 aromatic heterocycles. The molecule has 25 heavy (non-hydrogen) atoms. The van der Waals surface area contributed by atoms with Crippen LogP contribution >= 0.6 is 0 Å². The van der Waals surface area contributed by atoms with Crippen molar-refractivity contribution in [1.29, 1.82) is 0 Å². The molecular weight excluding hydrogens is 316 g/mol. The summed E-state index contributed by atoms with van der Waals surface area (Å²) < 4.78 is 5.47. The Kier molecular flexibility index (Phi) is 5.07. The van der Waals surface area contributed by atoms with Crippen molar-refractivity contribution in [3.05, 3.63) is 35.4 Å². The number of fused-ring (bicyclic) bond motifs is 1. The lowest BCUT2D eigenvalue weighted by Gasteiger charge is -2.40. The highest BCUT2D eigenvalue weighted by Gasteiger charge is 2.37. The van der Waals surface area contributed by atoms with Gasteiger partial charge in [0.1, 0.15) is 5.60 Å². The third-order valence-electron chi connectivity index (χ3n) is 5.36. The minimum atomic E-state index is -0.466. The summed E-state index contributed by atoms with van der Waals surface area (Å²) in [4.78, 5) is 16.4. The van der Waals surface area contributed by atoms with Crippen LogP contribution in [0.2, 0.25) is 0 Å². The maximum atomic E-state index is 12.2. The van der Waals surface area contributed by atoms with Gasteiger partial charge in [0, 0.05) is 32.2 Å². The van der Waals surface area contributed by atoms with Crippen LogP contribution in [-0.4, -0.2) is 58.8 Å². The van der Waals surface area contributed by atoms with Crippen molar-refractivity contribution < 1.29 is 14.6 Å². The highest BCUT2D eigenvalue weighted by molar-refractivity contribution is 5.68. The molecule has 1 saturated heterocycles. The maximum absolute atomic E-state index is 12.2. The minimum absolute atomic E-state index is 0.158. The highest BCUT2D eigenvalue weighted by Crippen LogP contribution is 2.35. The normalized spacial score (nSPS) is 24.8. The van der Waals surface area contributed by atoms with E-state index in [0.717, 1.165) is 37.9 Å². The van der Waals surface area contributed by atoms with Crippen LogP contribution in [0.4, 0.5) is 4.79 Å². The Morgan fingerprint density at radius 1 is 1.24 bits per heavy atom. The number of ether oxygens (including phenoxy) is 1. The van der Waals surface area contributed by atoms with Crippen molar-refractivity contribution in [2.75, 3.05) is 20.1 Å². The fourth-order valence-electron chi connectivity index (χ4n) is 3.97. The smallest absolute Gasteiger partial charge is 0.410 e. The summed E-state index contributed by atoms with van der Waals surface area (Å²) in [6.45, 7) is 7.46. The molecule has 1 aromatic rings. The number of benzene rings is 1. The molecule has 0 bridgehead atoms. The molecule has 2 atom stereocenters. The topological polar surface area (TPSA) is 53.0 Å². The largest absolute Gasteiger partial charge is 0.444 e. The zero-order valence-electron chi connectivity index (χ0n) is 15.7. The molecule has 0 saturated carbocycles. The number of likely N-dealkylation sites (tertiary alicyclic amines) is 1. The van der Waals surface area contributed by atoms with Crippen molar-refractivity contribution >= 4 is 6.09 Å². The van der Waals surface area contributed by atoms with E-state index in [1.807, 2.05) is 46.0 Å². The molecule has 2 aliphatic rings. The Hall–Kier alpha value is -1.59. The second-order valence-electron chi connectivity index (χ2n) is 8.27. The molecular formula is C20H30N2O3. The summed E-state index contributed by atoms with van der Waals surface area (Å²) in [7, 11) is 1.83. The van der Waals surface area contributed by atoms with Gasteiger partial charge in [-0.25, -0.2) is 4.79 Å². The standard InChI is InChI=1S/C20H30N2O3/c1-20(2,3)25-19(24)21(4)15-9-11-22(12-10-15)17-13-14-7-5-6-8-16(14)18(17)23/h5-8,15,17-18,23H,9-13H2,1-4H3. The maximum Gasteiger partial charge on any atom is 0.410 e. The number of carbonyl (C=O) groups is 1. The molecule has 1 heterocycles.